The highest BCUT2D eigenvalue weighted by atomic mass is 19.3. The number of nitro benzene ring substituents is 1. The number of ether oxygens (including phenoxy) is 1. The lowest BCUT2D eigenvalue weighted by Gasteiger charge is -2.38. The number of halogens is 2. The zero-order chi connectivity index (χ0) is 16.3. The van der Waals surface area contributed by atoms with Gasteiger partial charge in [0.2, 0.25) is 5.75 Å². The molecular weight excluding hydrogens is 298 g/mol. The third kappa shape index (κ3) is 2.28. The molecule has 1 fully saturated rings. The first-order chi connectivity index (χ1) is 10.1. The molecule has 0 radical (unpaired) electrons. The van der Waals surface area contributed by atoms with Crippen LogP contribution in [0.4, 0.5) is 14.5 Å². The zero-order valence-corrected chi connectivity index (χ0v) is 12.1. The summed E-state index contributed by atoms with van der Waals surface area (Å²) < 4.78 is 31.4. The summed E-state index contributed by atoms with van der Waals surface area (Å²) in [6, 6.07) is 2.51. The van der Waals surface area contributed by atoms with Crippen LogP contribution >= 0.6 is 0 Å². The molecule has 0 saturated carbocycles. The SMILES string of the molecule is CC1(C)Cc2c(C(=O)N3CC(F)(F)C3)ccc([N+](=O)[O-])c2O1. The fourth-order valence-corrected chi connectivity index (χ4v) is 2.81. The minimum Gasteiger partial charge on any atom is -0.480 e. The molecule has 0 aliphatic carbocycles. The van der Waals surface area contributed by atoms with Crippen LogP contribution in [0.2, 0.25) is 0 Å². The van der Waals surface area contributed by atoms with Crippen LogP contribution in [0.1, 0.15) is 29.8 Å². The fourth-order valence-electron chi connectivity index (χ4n) is 2.81. The summed E-state index contributed by atoms with van der Waals surface area (Å²) in [5.74, 6) is -3.33. The summed E-state index contributed by atoms with van der Waals surface area (Å²) in [6.45, 7) is 2.26. The van der Waals surface area contributed by atoms with Gasteiger partial charge in [-0.3, -0.25) is 14.9 Å². The summed E-state index contributed by atoms with van der Waals surface area (Å²) in [7, 11) is 0. The molecule has 2 heterocycles. The van der Waals surface area contributed by atoms with E-state index in [9.17, 15) is 23.7 Å². The maximum Gasteiger partial charge on any atom is 0.311 e. The van der Waals surface area contributed by atoms with Crippen LogP contribution in [0.5, 0.6) is 5.75 Å². The number of carbonyl (C=O) groups is 1. The van der Waals surface area contributed by atoms with Gasteiger partial charge in [-0.05, 0) is 19.9 Å². The van der Waals surface area contributed by atoms with Gasteiger partial charge in [0.1, 0.15) is 5.60 Å². The van der Waals surface area contributed by atoms with Crippen LogP contribution in [0.25, 0.3) is 0 Å². The molecule has 0 N–H and O–H groups in total. The summed E-state index contributed by atoms with van der Waals surface area (Å²) in [4.78, 5) is 23.9. The minimum absolute atomic E-state index is 0.0631. The van der Waals surface area contributed by atoms with Crippen LogP contribution in [0.15, 0.2) is 12.1 Å². The minimum atomic E-state index is -2.85. The molecule has 2 aliphatic rings. The van der Waals surface area contributed by atoms with Gasteiger partial charge >= 0.3 is 5.69 Å². The molecule has 118 valence electrons. The monoisotopic (exact) mass is 312 g/mol. The highest BCUT2D eigenvalue weighted by Gasteiger charge is 2.48. The Hall–Kier alpha value is -2.25. The van der Waals surface area contributed by atoms with Crippen molar-refractivity contribution in [1.29, 1.82) is 0 Å². The van der Waals surface area contributed by atoms with Crippen molar-refractivity contribution in [3.05, 3.63) is 33.4 Å². The quantitative estimate of drug-likeness (QED) is 0.621. The van der Waals surface area contributed by atoms with Crippen LogP contribution in [0.3, 0.4) is 0 Å². The number of likely N-dealkylation sites (tertiary alicyclic amines) is 1. The highest BCUT2D eigenvalue weighted by molar-refractivity contribution is 5.98. The van der Waals surface area contributed by atoms with Gasteiger partial charge in [0.15, 0.2) is 0 Å². The lowest BCUT2D eigenvalue weighted by Crippen LogP contribution is -2.58. The summed E-state index contributed by atoms with van der Waals surface area (Å²) in [5.41, 5.74) is -0.283. The van der Waals surface area contributed by atoms with E-state index in [0.29, 0.717) is 12.0 Å². The molecule has 2 aliphatic heterocycles. The maximum atomic E-state index is 12.9. The Bertz CT molecular complexity index is 680. The van der Waals surface area contributed by atoms with Crippen LogP contribution < -0.4 is 4.74 Å². The van der Waals surface area contributed by atoms with Gasteiger partial charge in [-0.2, -0.15) is 0 Å². The Morgan fingerprint density at radius 3 is 2.55 bits per heavy atom. The van der Waals surface area contributed by atoms with Gasteiger partial charge in [-0.1, -0.05) is 0 Å². The molecule has 6 nitrogen and oxygen atoms in total. The lowest BCUT2D eigenvalue weighted by atomic mass is 9.95. The number of carbonyl (C=O) groups excluding carboxylic acids is 1. The molecule has 1 saturated heterocycles. The molecule has 22 heavy (non-hydrogen) atoms. The Labute approximate surface area is 124 Å². The van der Waals surface area contributed by atoms with Gasteiger partial charge in [0.25, 0.3) is 11.8 Å². The number of hydrogen-bond acceptors (Lipinski definition) is 4. The molecule has 0 atom stereocenters. The predicted octanol–water partition coefficient (Wildman–Crippen LogP) is 2.40. The maximum absolute atomic E-state index is 12.9. The lowest BCUT2D eigenvalue weighted by molar-refractivity contribution is -0.386. The molecule has 0 spiro atoms. The van der Waals surface area contributed by atoms with Crippen LogP contribution in [-0.2, 0) is 6.42 Å². The first kappa shape index (κ1) is 14.7. The van der Waals surface area contributed by atoms with Crippen molar-refractivity contribution in [1.82, 2.24) is 4.90 Å². The smallest absolute Gasteiger partial charge is 0.311 e. The second-order valence-electron chi connectivity index (χ2n) is 6.25. The van der Waals surface area contributed by atoms with Crippen molar-refractivity contribution in [2.75, 3.05) is 13.1 Å². The molecule has 0 bridgehead atoms. The molecule has 8 heteroatoms. The van der Waals surface area contributed by atoms with Crippen LogP contribution in [0, 0.1) is 10.1 Å². The Balaban J connectivity index is 1.99. The van der Waals surface area contributed by atoms with Gasteiger partial charge in [0.05, 0.1) is 18.0 Å². The molecule has 3 rings (SSSR count). The largest absolute Gasteiger partial charge is 0.480 e. The number of alkyl halides is 2. The van der Waals surface area contributed by atoms with E-state index in [1.807, 2.05) is 0 Å². The van der Waals surface area contributed by atoms with Gasteiger partial charge in [0, 0.05) is 23.6 Å². The summed E-state index contributed by atoms with van der Waals surface area (Å²) >= 11 is 0. The molecule has 0 unspecified atom stereocenters. The fraction of sp³-hybridized carbons (Fsp3) is 0.500. The number of benzene rings is 1. The van der Waals surface area contributed by atoms with E-state index in [2.05, 4.69) is 0 Å². The van der Waals surface area contributed by atoms with Gasteiger partial charge < -0.3 is 9.64 Å². The molecule has 1 amide bonds. The third-order valence-corrected chi connectivity index (χ3v) is 3.78. The van der Waals surface area contributed by atoms with Crippen molar-refractivity contribution in [3.8, 4) is 5.75 Å². The zero-order valence-electron chi connectivity index (χ0n) is 12.1. The first-order valence-electron chi connectivity index (χ1n) is 6.76. The summed E-state index contributed by atoms with van der Waals surface area (Å²) in [6.07, 6.45) is 0.315. The third-order valence-electron chi connectivity index (χ3n) is 3.78. The number of nitro groups is 1. The van der Waals surface area contributed by atoms with E-state index in [4.69, 9.17) is 4.74 Å². The van der Waals surface area contributed by atoms with Crippen molar-refractivity contribution in [3.63, 3.8) is 0 Å². The number of rotatable bonds is 2. The highest BCUT2D eigenvalue weighted by Crippen LogP contribution is 2.44. The van der Waals surface area contributed by atoms with E-state index in [0.717, 1.165) is 4.90 Å². The van der Waals surface area contributed by atoms with Crippen molar-refractivity contribution >= 4 is 11.6 Å². The topological polar surface area (TPSA) is 72.7 Å². The number of amides is 1. The van der Waals surface area contributed by atoms with Crippen molar-refractivity contribution in [2.45, 2.75) is 31.8 Å². The van der Waals surface area contributed by atoms with Gasteiger partial charge in [-0.25, -0.2) is 8.78 Å². The van der Waals surface area contributed by atoms with E-state index >= 15 is 0 Å². The number of nitrogens with zero attached hydrogens (tertiary/aromatic N) is 2. The summed E-state index contributed by atoms with van der Waals surface area (Å²) in [5, 5.41) is 11.1. The second-order valence-corrected chi connectivity index (χ2v) is 6.25. The Kier molecular flexibility index (Phi) is 2.92. The normalized spacial score (nSPS) is 20.8. The molecule has 0 aromatic heterocycles. The molecule has 1 aromatic carbocycles. The predicted molar refractivity (Wildman–Crippen MR) is 72.4 cm³/mol. The van der Waals surface area contributed by atoms with Crippen molar-refractivity contribution in [2.24, 2.45) is 0 Å². The Morgan fingerprint density at radius 2 is 2.00 bits per heavy atom. The second kappa shape index (κ2) is 4.37. The van der Waals surface area contributed by atoms with Crippen molar-refractivity contribution < 1.29 is 23.2 Å². The molecular formula is C14H14F2N2O4. The van der Waals surface area contributed by atoms with E-state index in [-0.39, 0.29) is 17.0 Å². The van der Waals surface area contributed by atoms with E-state index in [1.165, 1.54) is 12.1 Å². The molecule has 1 aromatic rings. The number of hydrogen-bond donors (Lipinski definition) is 0. The Morgan fingerprint density at radius 1 is 1.36 bits per heavy atom. The van der Waals surface area contributed by atoms with E-state index in [1.54, 1.807) is 13.8 Å². The standard InChI is InChI=1S/C14H14F2N2O4/c1-13(2)5-9-8(12(19)17-6-14(15,16)7-17)3-4-10(18(20)21)11(9)22-13/h3-4H,5-7H2,1-2H3. The van der Waals surface area contributed by atoms with Gasteiger partial charge in [-0.15, -0.1) is 0 Å². The first-order valence-corrected chi connectivity index (χ1v) is 6.76. The van der Waals surface area contributed by atoms with Crippen LogP contribution in [-0.4, -0.2) is 40.3 Å². The average Bonchev–Trinajstić information content (AvgIpc) is 2.68. The average molecular weight is 312 g/mol. The van der Waals surface area contributed by atoms with E-state index < -0.39 is 35.4 Å². The number of fused-ring (bicyclic) bond motifs is 1.